The number of aromatic nitrogens is 1. The van der Waals surface area contributed by atoms with Gasteiger partial charge in [-0.1, -0.05) is 23.5 Å². The summed E-state index contributed by atoms with van der Waals surface area (Å²) in [5.74, 6) is -1.86. The molecule has 0 radical (unpaired) electrons. The van der Waals surface area contributed by atoms with Crippen molar-refractivity contribution in [3.63, 3.8) is 0 Å². The van der Waals surface area contributed by atoms with Gasteiger partial charge < -0.3 is 11.1 Å². The molecule has 0 atom stereocenters. The van der Waals surface area contributed by atoms with E-state index in [2.05, 4.69) is 10.3 Å². The zero-order valence-electron chi connectivity index (χ0n) is 12.3. The average molecular weight is 344 g/mol. The van der Waals surface area contributed by atoms with E-state index in [0.717, 1.165) is 16.2 Å². The number of imide groups is 1. The number of hydrogen-bond acceptors (Lipinski definition) is 6. The molecule has 0 spiro atoms. The number of nitrogens with one attached hydrogen (secondary N) is 1. The molecule has 0 saturated carbocycles. The maximum atomic E-state index is 12.2. The van der Waals surface area contributed by atoms with Crippen molar-refractivity contribution < 1.29 is 19.2 Å². The van der Waals surface area contributed by atoms with Crippen molar-refractivity contribution in [1.29, 1.82) is 0 Å². The largest absolute Gasteiger partial charge is 0.365 e. The van der Waals surface area contributed by atoms with Gasteiger partial charge >= 0.3 is 0 Å². The number of fused-ring (bicyclic) bond motifs is 1. The highest BCUT2D eigenvalue weighted by Crippen LogP contribution is 2.23. The molecular formula is C15H12N4O4S. The molecule has 0 aliphatic carbocycles. The number of carbonyl (C=O) groups excluding carboxylic acids is 4. The first-order valence-electron chi connectivity index (χ1n) is 6.98. The minimum Gasteiger partial charge on any atom is -0.365 e. The summed E-state index contributed by atoms with van der Waals surface area (Å²) in [6.45, 7) is -0.0355. The van der Waals surface area contributed by atoms with Gasteiger partial charge in [0.25, 0.3) is 17.7 Å². The molecule has 1 aliphatic heterocycles. The zero-order valence-corrected chi connectivity index (χ0v) is 13.1. The molecule has 9 heteroatoms. The average Bonchev–Trinajstić information content (AvgIpc) is 3.11. The summed E-state index contributed by atoms with van der Waals surface area (Å²) in [5.41, 5.74) is 5.79. The number of thiazole rings is 1. The van der Waals surface area contributed by atoms with Crippen molar-refractivity contribution in [3.8, 4) is 0 Å². The Morgan fingerprint density at radius 1 is 1.17 bits per heavy atom. The summed E-state index contributed by atoms with van der Waals surface area (Å²) in [5, 5.41) is 2.74. The fraction of sp³-hybridized carbons (Fsp3) is 0.133. The first kappa shape index (κ1) is 15.8. The zero-order chi connectivity index (χ0) is 17.3. The number of benzene rings is 1. The van der Waals surface area contributed by atoms with Gasteiger partial charge in [0.1, 0.15) is 4.88 Å². The number of amides is 4. The minimum absolute atomic E-state index is 0.0355. The van der Waals surface area contributed by atoms with E-state index in [1.807, 2.05) is 0 Å². The quantitative estimate of drug-likeness (QED) is 0.779. The maximum absolute atomic E-state index is 12.2. The Balaban J connectivity index is 1.60. The second-order valence-corrected chi connectivity index (χ2v) is 6.03. The second-order valence-electron chi connectivity index (χ2n) is 5.00. The second kappa shape index (κ2) is 6.20. The smallest absolute Gasteiger partial charge is 0.261 e. The third kappa shape index (κ3) is 2.88. The molecular weight excluding hydrogens is 332 g/mol. The molecule has 8 nitrogen and oxygen atoms in total. The molecule has 0 bridgehead atoms. The standard InChI is InChI=1S/C15H12N4O4S/c16-12(21)10-7-17-15(24-10)18-11(20)5-6-19-13(22)8-3-1-2-4-9(8)14(19)23/h1-4,7H,5-6H2,(H2,16,21)(H,17,18,20). The van der Waals surface area contributed by atoms with Gasteiger partial charge in [0.15, 0.2) is 5.13 Å². The fourth-order valence-electron chi connectivity index (χ4n) is 2.28. The van der Waals surface area contributed by atoms with Crippen molar-refractivity contribution in [2.75, 3.05) is 11.9 Å². The number of hydrogen-bond donors (Lipinski definition) is 2. The van der Waals surface area contributed by atoms with Crippen LogP contribution in [-0.2, 0) is 4.79 Å². The molecule has 4 amide bonds. The number of anilines is 1. The summed E-state index contributed by atoms with van der Waals surface area (Å²) < 4.78 is 0. The monoisotopic (exact) mass is 344 g/mol. The van der Waals surface area contributed by atoms with Crippen molar-refractivity contribution in [1.82, 2.24) is 9.88 Å². The number of primary amides is 1. The summed E-state index contributed by atoms with van der Waals surface area (Å²) in [6, 6.07) is 6.52. The van der Waals surface area contributed by atoms with Crippen LogP contribution in [-0.4, -0.2) is 40.1 Å². The summed E-state index contributed by atoms with van der Waals surface area (Å²) >= 11 is 0.953. The van der Waals surface area contributed by atoms with Crippen molar-refractivity contribution in [2.45, 2.75) is 6.42 Å². The minimum atomic E-state index is -0.626. The lowest BCUT2D eigenvalue weighted by Gasteiger charge is -2.12. The highest BCUT2D eigenvalue weighted by atomic mass is 32.1. The molecule has 3 N–H and O–H groups in total. The summed E-state index contributed by atoms with van der Waals surface area (Å²) in [6.07, 6.45) is 1.20. The van der Waals surface area contributed by atoms with Crippen molar-refractivity contribution in [3.05, 3.63) is 46.5 Å². The third-order valence-electron chi connectivity index (χ3n) is 3.44. The van der Waals surface area contributed by atoms with E-state index in [0.29, 0.717) is 11.1 Å². The van der Waals surface area contributed by atoms with Crippen molar-refractivity contribution >= 4 is 40.1 Å². The Hall–Kier alpha value is -3.07. The van der Waals surface area contributed by atoms with Crippen LogP contribution in [0.25, 0.3) is 0 Å². The highest BCUT2D eigenvalue weighted by Gasteiger charge is 2.34. The van der Waals surface area contributed by atoms with Crippen LogP contribution in [0.4, 0.5) is 5.13 Å². The lowest BCUT2D eigenvalue weighted by molar-refractivity contribution is -0.116. The van der Waals surface area contributed by atoms with Gasteiger partial charge in [0.2, 0.25) is 5.91 Å². The molecule has 1 aromatic heterocycles. The maximum Gasteiger partial charge on any atom is 0.261 e. The number of rotatable bonds is 5. The molecule has 2 heterocycles. The molecule has 24 heavy (non-hydrogen) atoms. The lowest BCUT2D eigenvalue weighted by Crippen LogP contribution is -2.32. The highest BCUT2D eigenvalue weighted by molar-refractivity contribution is 7.17. The normalized spacial score (nSPS) is 13.1. The molecule has 3 rings (SSSR count). The topological polar surface area (TPSA) is 122 Å². The van der Waals surface area contributed by atoms with Crippen LogP contribution in [0.15, 0.2) is 30.5 Å². The molecule has 122 valence electrons. The van der Waals surface area contributed by atoms with Gasteiger partial charge in [-0.25, -0.2) is 4.98 Å². The molecule has 1 aliphatic rings. The van der Waals surface area contributed by atoms with Crippen LogP contribution in [0.3, 0.4) is 0 Å². The Kier molecular flexibility index (Phi) is 4.09. The summed E-state index contributed by atoms with van der Waals surface area (Å²) in [4.78, 5) is 52.4. The number of nitrogens with two attached hydrogens (primary N) is 1. The fourth-order valence-corrected chi connectivity index (χ4v) is 2.97. The van der Waals surface area contributed by atoms with E-state index in [4.69, 9.17) is 5.73 Å². The predicted molar refractivity (Wildman–Crippen MR) is 85.7 cm³/mol. The van der Waals surface area contributed by atoms with E-state index < -0.39 is 23.6 Å². The van der Waals surface area contributed by atoms with Crippen molar-refractivity contribution in [2.24, 2.45) is 5.73 Å². The van der Waals surface area contributed by atoms with Crippen LogP contribution in [0.5, 0.6) is 0 Å². The van der Waals surface area contributed by atoms with Gasteiger partial charge in [-0.15, -0.1) is 0 Å². The van der Waals surface area contributed by atoms with E-state index in [1.54, 1.807) is 24.3 Å². The number of nitrogens with zero attached hydrogens (tertiary/aromatic N) is 2. The Bertz CT molecular complexity index is 826. The van der Waals surface area contributed by atoms with Gasteiger partial charge in [-0.2, -0.15) is 0 Å². The Morgan fingerprint density at radius 3 is 2.33 bits per heavy atom. The van der Waals surface area contributed by atoms with Crippen LogP contribution in [0.1, 0.15) is 36.8 Å². The van der Waals surface area contributed by atoms with E-state index in [9.17, 15) is 19.2 Å². The van der Waals surface area contributed by atoms with Crippen LogP contribution in [0.2, 0.25) is 0 Å². The number of carbonyl (C=O) groups is 4. The Morgan fingerprint density at radius 2 is 1.79 bits per heavy atom. The first-order valence-corrected chi connectivity index (χ1v) is 7.79. The Labute approximate surface area is 140 Å². The first-order chi connectivity index (χ1) is 11.5. The van der Waals surface area contributed by atoms with Gasteiger partial charge in [0.05, 0.1) is 17.3 Å². The van der Waals surface area contributed by atoms with Crippen LogP contribution < -0.4 is 11.1 Å². The predicted octanol–water partition coefficient (Wildman–Crippen LogP) is 0.867. The molecule has 2 aromatic rings. The van der Waals surface area contributed by atoms with E-state index in [-0.39, 0.29) is 23.0 Å². The van der Waals surface area contributed by atoms with E-state index in [1.165, 1.54) is 6.20 Å². The van der Waals surface area contributed by atoms with Crippen LogP contribution in [0, 0.1) is 0 Å². The van der Waals surface area contributed by atoms with E-state index >= 15 is 0 Å². The molecule has 0 saturated heterocycles. The lowest BCUT2D eigenvalue weighted by atomic mass is 10.1. The van der Waals surface area contributed by atoms with Crippen LogP contribution >= 0.6 is 11.3 Å². The molecule has 0 fully saturated rings. The van der Waals surface area contributed by atoms with Gasteiger partial charge in [-0.05, 0) is 12.1 Å². The SMILES string of the molecule is NC(=O)c1cnc(NC(=O)CCN2C(=O)c3ccccc3C2=O)s1. The molecule has 1 aromatic carbocycles. The van der Waals surface area contributed by atoms with Gasteiger partial charge in [-0.3, -0.25) is 24.1 Å². The molecule has 0 unspecified atom stereocenters. The van der Waals surface area contributed by atoms with Gasteiger partial charge in [0, 0.05) is 13.0 Å². The third-order valence-corrected chi connectivity index (χ3v) is 4.36. The summed E-state index contributed by atoms with van der Waals surface area (Å²) in [7, 11) is 0.